The zero-order valence-electron chi connectivity index (χ0n) is 15.7. The van der Waals surface area contributed by atoms with Gasteiger partial charge >= 0.3 is 0 Å². The maximum Gasteiger partial charge on any atom is 0.191 e. The Morgan fingerprint density at radius 3 is 2.61 bits per heavy atom. The lowest BCUT2D eigenvalue weighted by molar-refractivity contribution is 0.109. The number of aliphatic imine (C=N–C) groups is 1. The molecule has 5 heteroatoms. The summed E-state index contributed by atoms with van der Waals surface area (Å²) in [5.74, 6) is 1.57. The third-order valence-electron chi connectivity index (χ3n) is 3.98. The molecule has 0 aromatic rings. The number of hydrogen-bond donors (Lipinski definition) is 2. The summed E-state index contributed by atoms with van der Waals surface area (Å²) in [4.78, 5) is 7.24. The minimum atomic E-state index is 0.554. The molecule has 1 aliphatic heterocycles. The highest BCUT2D eigenvalue weighted by Crippen LogP contribution is 2.10. The molecule has 1 fully saturated rings. The van der Waals surface area contributed by atoms with Gasteiger partial charge in [0.2, 0.25) is 0 Å². The first-order valence-corrected chi connectivity index (χ1v) is 9.50. The van der Waals surface area contributed by atoms with Gasteiger partial charge in [-0.15, -0.1) is 0 Å². The van der Waals surface area contributed by atoms with Gasteiger partial charge in [-0.3, -0.25) is 4.99 Å². The van der Waals surface area contributed by atoms with E-state index in [1.165, 1.54) is 38.9 Å². The van der Waals surface area contributed by atoms with Crippen molar-refractivity contribution < 1.29 is 4.74 Å². The van der Waals surface area contributed by atoms with Crippen molar-refractivity contribution in [3.8, 4) is 0 Å². The summed E-state index contributed by atoms with van der Waals surface area (Å²) in [6.45, 7) is 15.7. The van der Waals surface area contributed by atoms with Crippen LogP contribution in [0.4, 0.5) is 0 Å². The van der Waals surface area contributed by atoms with Crippen molar-refractivity contribution in [2.45, 2.75) is 59.4 Å². The van der Waals surface area contributed by atoms with E-state index in [4.69, 9.17) is 4.74 Å². The fraction of sp³-hybridized carbons (Fsp3) is 0.944. The molecule has 0 atom stereocenters. The second-order valence-electron chi connectivity index (χ2n) is 6.84. The molecule has 1 heterocycles. The van der Waals surface area contributed by atoms with Crippen molar-refractivity contribution >= 4 is 5.96 Å². The summed E-state index contributed by atoms with van der Waals surface area (Å²) in [5, 5.41) is 6.96. The summed E-state index contributed by atoms with van der Waals surface area (Å²) in [6.07, 6.45) is 4.66. The number of rotatable bonds is 10. The minimum absolute atomic E-state index is 0.554. The molecule has 0 aromatic carbocycles. The molecule has 0 unspecified atom stereocenters. The van der Waals surface area contributed by atoms with Crippen LogP contribution in [0.3, 0.4) is 0 Å². The molecular weight excluding hydrogens is 288 g/mol. The van der Waals surface area contributed by atoms with Crippen molar-refractivity contribution in [3.05, 3.63) is 0 Å². The van der Waals surface area contributed by atoms with E-state index in [9.17, 15) is 0 Å². The van der Waals surface area contributed by atoms with Crippen LogP contribution in [0.2, 0.25) is 0 Å². The molecular formula is C18H38N4O. The topological polar surface area (TPSA) is 48.9 Å². The van der Waals surface area contributed by atoms with Gasteiger partial charge in [0.25, 0.3) is 0 Å². The third-order valence-corrected chi connectivity index (χ3v) is 3.98. The van der Waals surface area contributed by atoms with Gasteiger partial charge in [-0.05, 0) is 45.1 Å². The second-order valence-corrected chi connectivity index (χ2v) is 6.84. The van der Waals surface area contributed by atoms with Crippen molar-refractivity contribution in [3.63, 3.8) is 0 Å². The third kappa shape index (κ3) is 9.82. The van der Waals surface area contributed by atoms with Gasteiger partial charge in [-0.1, -0.05) is 20.8 Å². The lowest BCUT2D eigenvalue weighted by Crippen LogP contribution is -2.48. The maximum atomic E-state index is 5.61. The highest BCUT2D eigenvalue weighted by molar-refractivity contribution is 5.80. The van der Waals surface area contributed by atoms with E-state index in [0.29, 0.717) is 12.0 Å². The van der Waals surface area contributed by atoms with Crippen LogP contribution in [0.25, 0.3) is 0 Å². The number of ether oxygens (including phenoxy) is 1. The summed E-state index contributed by atoms with van der Waals surface area (Å²) in [5.41, 5.74) is 0. The monoisotopic (exact) mass is 326 g/mol. The highest BCUT2D eigenvalue weighted by atomic mass is 16.5. The van der Waals surface area contributed by atoms with Gasteiger partial charge in [-0.2, -0.15) is 0 Å². The van der Waals surface area contributed by atoms with Crippen molar-refractivity contribution in [1.82, 2.24) is 15.5 Å². The lowest BCUT2D eigenvalue weighted by atomic mass is 10.1. The molecule has 0 spiro atoms. The number of guanidine groups is 1. The Kier molecular flexibility index (Phi) is 11.1. The van der Waals surface area contributed by atoms with Crippen LogP contribution in [0.15, 0.2) is 4.99 Å². The fourth-order valence-electron chi connectivity index (χ4n) is 2.81. The van der Waals surface area contributed by atoms with Gasteiger partial charge in [0.05, 0.1) is 0 Å². The molecule has 0 amide bonds. The standard InChI is InChI=1S/C18H38N4O/c1-5-11-22-12-8-17(9-13-22)21-18(19-6-2)20-10-7-14-23-15-16(3)4/h16-17H,5-15H2,1-4H3,(H2,19,20,21). The lowest BCUT2D eigenvalue weighted by Gasteiger charge is -2.32. The van der Waals surface area contributed by atoms with E-state index >= 15 is 0 Å². The molecule has 2 N–H and O–H groups in total. The largest absolute Gasteiger partial charge is 0.381 e. The van der Waals surface area contributed by atoms with Crippen molar-refractivity contribution in [2.75, 3.05) is 45.9 Å². The fourth-order valence-corrected chi connectivity index (χ4v) is 2.81. The summed E-state index contributed by atoms with van der Waals surface area (Å²) >= 11 is 0. The number of likely N-dealkylation sites (tertiary alicyclic amines) is 1. The summed E-state index contributed by atoms with van der Waals surface area (Å²) in [7, 11) is 0. The molecule has 1 saturated heterocycles. The number of nitrogens with zero attached hydrogens (tertiary/aromatic N) is 2. The molecule has 0 aliphatic carbocycles. The van der Waals surface area contributed by atoms with E-state index in [2.05, 4.69) is 48.2 Å². The predicted octanol–water partition coefficient (Wildman–Crippen LogP) is 2.48. The van der Waals surface area contributed by atoms with E-state index in [1.54, 1.807) is 0 Å². The van der Waals surface area contributed by atoms with Gasteiger partial charge < -0.3 is 20.3 Å². The number of piperidine rings is 1. The predicted molar refractivity (Wildman–Crippen MR) is 99.1 cm³/mol. The first kappa shape index (κ1) is 20.2. The van der Waals surface area contributed by atoms with Crippen LogP contribution in [0.5, 0.6) is 0 Å². The molecule has 136 valence electrons. The first-order valence-electron chi connectivity index (χ1n) is 9.50. The van der Waals surface area contributed by atoms with Crippen LogP contribution in [0.1, 0.15) is 53.4 Å². The van der Waals surface area contributed by atoms with E-state index < -0.39 is 0 Å². The number of hydrogen-bond acceptors (Lipinski definition) is 3. The van der Waals surface area contributed by atoms with Gasteiger partial charge in [0, 0.05) is 45.4 Å². The average Bonchev–Trinajstić information content (AvgIpc) is 2.52. The normalized spacial score (nSPS) is 17.7. The molecule has 1 aliphatic rings. The summed E-state index contributed by atoms with van der Waals surface area (Å²) < 4.78 is 5.61. The second kappa shape index (κ2) is 12.6. The number of nitrogens with one attached hydrogen (secondary N) is 2. The van der Waals surface area contributed by atoms with Gasteiger partial charge in [-0.25, -0.2) is 0 Å². The molecule has 23 heavy (non-hydrogen) atoms. The SMILES string of the molecule is CCCN1CCC(NC(=NCCCOCC(C)C)NCC)CC1. The Labute approximate surface area is 143 Å². The molecule has 5 nitrogen and oxygen atoms in total. The average molecular weight is 327 g/mol. The van der Waals surface area contributed by atoms with Crippen LogP contribution >= 0.6 is 0 Å². The zero-order chi connectivity index (χ0) is 16.9. The van der Waals surface area contributed by atoms with Crippen molar-refractivity contribution in [1.29, 1.82) is 0 Å². The van der Waals surface area contributed by atoms with Crippen LogP contribution < -0.4 is 10.6 Å². The van der Waals surface area contributed by atoms with Gasteiger partial charge in [0.15, 0.2) is 5.96 Å². The van der Waals surface area contributed by atoms with Gasteiger partial charge in [0.1, 0.15) is 0 Å². The molecule has 0 aromatic heterocycles. The molecule has 0 bridgehead atoms. The Morgan fingerprint density at radius 1 is 1.26 bits per heavy atom. The Morgan fingerprint density at radius 2 is 2.00 bits per heavy atom. The zero-order valence-corrected chi connectivity index (χ0v) is 15.7. The van der Waals surface area contributed by atoms with Crippen LogP contribution in [-0.2, 0) is 4.74 Å². The van der Waals surface area contributed by atoms with Crippen LogP contribution in [0, 0.1) is 5.92 Å². The smallest absolute Gasteiger partial charge is 0.191 e. The quantitative estimate of drug-likeness (QED) is 0.368. The molecule has 0 saturated carbocycles. The Balaban J connectivity index is 2.24. The Hall–Kier alpha value is -0.810. The molecule has 0 radical (unpaired) electrons. The summed E-state index contributed by atoms with van der Waals surface area (Å²) in [6, 6.07) is 0.554. The maximum absolute atomic E-state index is 5.61. The highest BCUT2D eigenvalue weighted by Gasteiger charge is 2.19. The first-order chi connectivity index (χ1) is 11.2. The van der Waals surface area contributed by atoms with E-state index in [0.717, 1.165) is 38.7 Å². The van der Waals surface area contributed by atoms with Crippen molar-refractivity contribution in [2.24, 2.45) is 10.9 Å². The van der Waals surface area contributed by atoms with E-state index in [-0.39, 0.29) is 0 Å². The van der Waals surface area contributed by atoms with E-state index in [1.807, 2.05) is 0 Å². The van der Waals surface area contributed by atoms with Crippen LogP contribution in [-0.4, -0.2) is 62.8 Å². The Bertz CT molecular complexity index is 312. The molecule has 1 rings (SSSR count). The minimum Gasteiger partial charge on any atom is -0.381 e.